The molecule has 7 nitrogen and oxygen atoms in total. The van der Waals surface area contributed by atoms with Crippen LogP contribution in [-0.4, -0.2) is 29.2 Å². The fraction of sp³-hybridized carbons (Fsp3) is 0.278. The third-order valence-corrected chi connectivity index (χ3v) is 4.98. The molecule has 1 aromatic carbocycles. The summed E-state index contributed by atoms with van der Waals surface area (Å²) in [4.78, 5) is 25.0. The monoisotopic (exact) mass is 372 g/mol. The summed E-state index contributed by atoms with van der Waals surface area (Å²) in [6.45, 7) is 4.49. The molecule has 0 spiro atoms. The first kappa shape index (κ1) is 17.9. The van der Waals surface area contributed by atoms with Crippen molar-refractivity contribution in [2.75, 3.05) is 19.5 Å². The van der Waals surface area contributed by atoms with Gasteiger partial charge in [-0.3, -0.25) is 9.78 Å². The Morgan fingerprint density at radius 1 is 1.15 bits per heavy atom. The van der Waals surface area contributed by atoms with Gasteiger partial charge in [0.2, 0.25) is 5.95 Å². The molecule has 0 fully saturated rings. The summed E-state index contributed by atoms with van der Waals surface area (Å²) >= 11 is 1.62. The zero-order chi connectivity index (χ0) is 18.7. The van der Waals surface area contributed by atoms with E-state index >= 15 is 0 Å². The first-order valence-corrected chi connectivity index (χ1v) is 8.83. The smallest absolute Gasteiger partial charge is 0.252 e. The van der Waals surface area contributed by atoms with Crippen LogP contribution in [0, 0.1) is 13.8 Å². The molecule has 136 valence electrons. The van der Waals surface area contributed by atoms with Crippen molar-refractivity contribution in [2.45, 2.75) is 20.4 Å². The van der Waals surface area contributed by atoms with Gasteiger partial charge >= 0.3 is 0 Å². The standard InChI is InChI=1S/C18H20N4O3S/c1-10-11(2)26-16(20-10)9-19-18-21-12(8-15(23)22-18)17-13(24-3)6-5-7-14(17)25-4/h5-8H,9H2,1-4H3,(H2,19,21,22,23). The second-order valence-electron chi connectivity index (χ2n) is 5.62. The third kappa shape index (κ3) is 3.70. The van der Waals surface area contributed by atoms with Gasteiger partial charge in [0.15, 0.2) is 0 Å². The van der Waals surface area contributed by atoms with Gasteiger partial charge < -0.3 is 14.8 Å². The Kier molecular flexibility index (Phi) is 5.22. The van der Waals surface area contributed by atoms with E-state index in [-0.39, 0.29) is 5.56 Å². The SMILES string of the molecule is COc1cccc(OC)c1-c1cc(=O)[nH]c(NCc2nc(C)c(C)s2)n1. The Balaban J connectivity index is 1.95. The maximum absolute atomic E-state index is 12.1. The summed E-state index contributed by atoms with van der Waals surface area (Å²) in [5.74, 6) is 1.53. The number of aryl methyl sites for hydroxylation is 2. The summed E-state index contributed by atoms with van der Waals surface area (Å²) < 4.78 is 10.8. The predicted molar refractivity (Wildman–Crippen MR) is 102 cm³/mol. The van der Waals surface area contributed by atoms with E-state index in [0.717, 1.165) is 10.7 Å². The minimum atomic E-state index is -0.267. The van der Waals surface area contributed by atoms with Crippen LogP contribution in [0.3, 0.4) is 0 Å². The number of rotatable bonds is 6. The van der Waals surface area contributed by atoms with Crippen molar-refractivity contribution in [2.24, 2.45) is 0 Å². The van der Waals surface area contributed by atoms with Crippen molar-refractivity contribution in [3.8, 4) is 22.8 Å². The molecule has 3 rings (SSSR count). The van der Waals surface area contributed by atoms with Crippen molar-refractivity contribution in [3.63, 3.8) is 0 Å². The Morgan fingerprint density at radius 2 is 1.85 bits per heavy atom. The number of ether oxygens (including phenoxy) is 2. The van der Waals surface area contributed by atoms with Crippen LogP contribution in [0.2, 0.25) is 0 Å². The number of hydrogen-bond donors (Lipinski definition) is 2. The molecule has 2 N–H and O–H groups in total. The molecule has 0 aliphatic carbocycles. The Hall–Kier alpha value is -2.87. The molecule has 26 heavy (non-hydrogen) atoms. The highest BCUT2D eigenvalue weighted by Crippen LogP contribution is 2.36. The van der Waals surface area contributed by atoms with Gasteiger partial charge in [-0.05, 0) is 26.0 Å². The minimum Gasteiger partial charge on any atom is -0.496 e. The zero-order valence-electron chi connectivity index (χ0n) is 15.0. The van der Waals surface area contributed by atoms with Gasteiger partial charge in [-0.15, -0.1) is 11.3 Å². The zero-order valence-corrected chi connectivity index (χ0v) is 15.9. The number of anilines is 1. The van der Waals surface area contributed by atoms with Gasteiger partial charge in [0.05, 0.1) is 37.7 Å². The average molecular weight is 372 g/mol. The molecule has 0 radical (unpaired) electrons. The van der Waals surface area contributed by atoms with Gasteiger partial charge in [0.1, 0.15) is 16.5 Å². The lowest BCUT2D eigenvalue weighted by atomic mass is 10.1. The molecule has 0 aliphatic heterocycles. The predicted octanol–water partition coefficient (Wildman–Crippen LogP) is 3.14. The summed E-state index contributed by atoms with van der Waals surface area (Å²) in [6, 6.07) is 6.84. The number of nitrogens with zero attached hydrogens (tertiary/aromatic N) is 2. The van der Waals surface area contributed by atoms with E-state index in [1.807, 2.05) is 19.9 Å². The van der Waals surface area contributed by atoms with Crippen molar-refractivity contribution in [1.82, 2.24) is 15.0 Å². The highest BCUT2D eigenvalue weighted by molar-refractivity contribution is 7.11. The molecule has 0 amide bonds. The highest BCUT2D eigenvalue weighted by atomic mass is 32.1. The fourth-order valence-electron chi connectivity index (χ4n) is 2.55. The van der Waals surface area contributed by atoms with Crippen LogP contribution in [-0.2, 0) is 6.54 Å². The molecule has 8 heteroatoms. The van der Waals surface area contributed by atoms with Crippen LogP contribution in [0.4, 0.5) is 5.95 Å². The van der Waals surface area contributed by atoms with Crippen molar-refractivity contribution in [1.29, 1.82) is 0 Å². The number of aromatic amines is 1. The largest absolute Gasteiger partial charge is 0.496 e. The van der Waals surface area contributed by atoms with Crippen LogP contribution < -0.4 is 20.3 Å². The second-order valence-corrected chi connectivity index (χ2v) is 6.91. The molecular weight excluding hydrogens is 352 g/mol. The van der Waals surface area contributed by atoms with Crippen LogP contribution >= 0.6 is 11.3 Å². The van der Waals surface area contributed by atoms with Gasteiger partial charge in [-0.2, -0.15) is 0 Å². The summed E-state index contributed by atoms with van der Waals surface area (Å²) in [7, 11) is 3.13. The Morgan fingerprint density at radius 3 is 2.42 bits per heavy atom. The Labute approximate surface area is 155 Å². The van der Waals surface area contributed by atoms with E-state index in [9.17, 15) is 4.79 Å². The normalized spacial score (nSPS) is 10.6. The molecule has 0 bridgehead atoms. The summed E-state index contributed by atoms with van der Waals surface area (Å²) in [6.07, 6.45) is 0. The van der Waals surface area contributed by atoms with Crippen molar-refractivity contribution >= 4 is 17.3 Å². The number of nitrogens with one attached hydrogen (secondary N) is 2. The number of benzene rings is 1. The maximum Gasteiger partial charge on any atom is 0.252 e. The molecule has 0 atom stereocenters. The van der Waals surface area contributed by atoms with Gasteiger partial charge in [0, 0.05) is 10.9 Å². The number of thiazole rings is 1. The van der Waals surface area contributed by atoms with E-state index in [4.69, 9.17) is 9.47 Å². The molecular formula is C18H20N4O3S. The van der Waals surface area contributed by atoms with E-state index < -0.39 is 0 Å². The highest BCUT2D eigenvalue weighted by Gasteiger charge is 2.15. The average Bonchev–Trinajstić information content (AvgIpc) is 2.96. The summed E-state index contributed by atoms with van der Waals surface area (Å²) in [5, 5.41) is 4.06. The quantitative estimate of drug-likeness (QED) is 0.691. The Bertz CT molecular complexity index is 939. The second kappa shape index (κ2) is 7.57. The van der Waals surface area contributed by atoms with E-state index in [2.05, 4.69) is 20.3 Å². The fourth-order valence-corrected chi connectivity index (χ4v) is 3.42. The van der Waals surface area contributed by atoms with E-state index in [0.29, 0.717) is 35.2 Å². The topological polar surface area (TPSA) is 89.1 Å². The minimum absolute atomic E-state index is 0.267. The number of hydrogen-bond acceptors (Lipinski definition) is 7. The van der Waals surface area contributed by atoms with Gasteiger partial charge in [0.25, 0.3) is 5.56 Å². The number of methoxy groups -OCH3 is 2. The first-order chi connectivity index (χ1) is 12.5. The molecule has 3 aromatic rings. The molecule has 0 unspecified atom stereocenters. The lowest BCUT2D eigenvalue weighted by molar-refractivity contribution is 0.397. The van der Waals surface area contributed by atoms with E-state index in [1.165, 1.54) is 10.9 Å². The maximum atomic E-state index is 12.1. The van der Waals surface area contributed by atoms with Crippen molar-refractivity contribution < 1.29 is 9.47 Å². The van der Waals surface area contributed by atoms with Crippen molar-refractivity contribution in [3.05, 3.63) is 50.2 Å². The molecule has 2 heterocycles. The van der Waals surface area contributed by atoms with E-state index in [1.54, 1.807) is 37.7 Å². The lowest BCUT2D eigenvalue weighted by Gasteiger charge is -2.13. The lowest BCUT2D eigenvalue weighted by Crippen LogP contribution is -2.13. The molecule has 0 aliphatic rings. The van der Waals surface area contributed by atoms with Crippen LogP contribution in [0.25, 0.3) is 11.3 Å². The number of H-pyrrole nitrogens is 1. The third-order valence-electron chi connectivity index (χ3n) is 3.91. The summed E-state index contributed by atoms with van der Waals surface area (Å²) in [5.41, 5.74) is 1.85. The van der Waals surface area contributed by atoms with Crippen LogP contribution in [0.1, 0.15) is 15.6 Å². The molecule has 2 aromatic heterocycles. The molecule has 0 saturated carbocycles. The van der Waals surface area contributed by atoms with Gasteiger partial charge in [-0.25, -0.2) is 9.97 Å². The van der Waals surface area contributed by atoms with Crippen LogP contribution in [0.5, 0.6) is 11.5 Å². The van der Waals surface area contributed by atoms with Crippen LogP contribution in [0.15, 0.2) is 29.1 Å². The number of aromatic nitrogens is 3. The molecule has 0 saturated heterocycles. The first-order valence-electron chi connectivity index (χ1n) is 8.01. The van der Waals surface area contributed by atoms with Gasteiger partial charge in [-0.1, -0.05) is 6.07 Å².